The van der Waals surface area contributed by atoms with Crippen LogP contribution < -0.4 is 4.87 Å². The number of hydrogen-bond acceptors (Lipinski definition) is 5. The zero-order chi connectivity index (χ0) is 18.8. The summed E-state index contributed by atoms with van der Waals surface area (Å²) in [5, 5.41) is 9.54. The molecule has 1 aliphatic heterocycles. The fourth-order valence-corrected chi connectivity index (χ4v) is 4.15. The van der Waals surface area contributed by atoms with Crippen LogP contribution in [0.1, 0.15) is 16.0 Å². The highest BCUT2D eigenvalue weighted by Gasteiger charge is 2.16. The molecule has 27 heavy (non-hydrogen) atoms. The zero-order valence-corrected chi connectivity index (χ0v) is 16.5. The second-order valence-electron chi connectivity index (χ2n) is 5.93. The van der Waals surface area contributed by atoms with Crippen LogP contribution in [0.2, 0.25) is 5.02 Å². The molecule has 0 spiro atoms. The van der Waals surface area contributed by atoms with Crippen molar-refractivity contribution in [3.8, 4) is 0 Å². The molecule has 0 bridgehead atoms. The number of halogens is 1. The zero-order valence-electron chi connectivity index (χ0n) is 14.0. The third kappa shape index (κ3) is 3.83. The Kier molecular flexibility index (Phi) is 5.11. The van der Waals surface area contributed by atoms with Gasteiger partial charge in [0.2, 0.25) is 0 Å². The van der Waals surface area contributed by atoms with Gasteiger partial charge in [0.05, 0.1) is 22.7 Å². The van der Waals surface area contributed by atoms with E-state index in [0.717, 1.165) is 38.6 Å². The Balaban J connectivity index is 1.66. The van der Waals surface area contributed by atoms with Crippen molar-refractivity contribution in [2.45, 2.75) is 11.6 Å². The predicted molar refractivity (Wildman–Crippen MR) is 116 cm³/mol. The molecule has 0 radical (unpaired) electrons. The fourth-order valence-electron chi connectivity index (χ4n) is 2.76. The molecule has 7 heteroatoms. The molecule has 134 valence electrons. The summed E-state index contributed by atoms with van der Waals surface area (Å²) in [6.07, 6.45) is 3.61. The Labute approximate surface area is 170 Å². The van der Waals surface area contributed by atoms with Gasteiger partial charge in [0.1, 0.15) is 5.71 Å². The molecular formula is C20H14ClN3OS2. The molecule has 4 rings (SSSR count). The van der Waals surface area contributed by atoms with Crippen LogP contribution in [-0.4, -0.2) is 16.5 Å². The van der Waals surface area contributed by atoms with Gasteiger partial charge in [-0.2, -0.15) is 5.10 Å². The van der Waals surface area contributed by atoms with Crippen molar-refractivity contribution >= 4 is 53.6 Å². The molecule has 0 amide bonds. The average Bonchev–Trinajstić information content (AvgIpc) is 3.24. The van der Waals surface area contributed by atoms with E-state index in [4.69, 9.17) is 11.6 Å². The third-order valence-electron chi connectivity index (χ3n) is 4.11. The minimum atomic E-state index is -0.0602. The highest BCUT2D eigenvalue weighted by Crippen LogP contribution is 2.24. The maximum atomic E-state index is 12.5. The number of nitrogens with zero attached hydrogens (tertiary/aromatic N) is 3. The predicted octanol–water partition coefficient (Wildman–Crippen LogP) is 4.77. The van der Waals surface area contributed by atoms with Gasteiger partial charge in [-0.25, -0.2) is 0 Å². The van der Waals surface area contributed by atoms with Crippen molar-refractivity contribution in [1.29, 1.82) is 0 Å². The summed E-state index contributed by atoms with van der Waals surface area (Å²) in [5.41, 5.74) is 3.61. The van der Waals surface area contributed by atoms with Crippen molar-refractivity contribution in [3.63, 3.8) is 0 Å². The van der Waals surface area contributed by atoms with Crippen LogP contribution in [0.5, 0.6) is 0 Å². The van der Waals surface area contributed by atoms with Gasteiger partial charge in [0.25, 0.3) is 0 Å². The number of thiazole rings is 1. The molecule has 0 fully saturated rings. The van der Waals surface area contributed by atoms with E-state index in [1.807, 2.05) is 60.7 Å². The van der Waals surface area contributed by atoms with Crippen molar-refractivity contribution in [1.82, 2.24) is 4.57 Å². The van der Waals surface area contributed by atoms with Crippen molar-refractivity contribution in [2.24, 2.45) is 10.2 Å². The van der Waals surface area contributed by atoms with E-state index < -0.39 is 0 Å². The molecule has 2 aromatic carbocycles. The summed E-state index contributed by atoms with van der Waals surface area (Å²) in [4.78, 5) is 13.2. The molecule has 0 saturated heterocycles. The third-order valence-corrected chi connectivity index (χ3v) is 5.92. The summed E-state index contributed by atoms with van der Waals surface area (Å²) in [6, 6.07) is 17.3. The maximum Gasteiger partial charge on any atom is 0.308 e. The molecule has 0 atom stereocenters. The summed E-state index contributed by atoms with van der Waals surface area (Å²) < 4.78 is 1.65. The lowest BCUT2D eigenvalue weighted by atomic mass is 10.0. The SMILES string of the molecule is O=c1sc(/C=C2\C=NN=C2c2ccccc2)c(S)n1Cc1ccc(Cl)cc1. The number of thiol groups is 1. The highest BCUT2D eigenvalue weighted by molar-refractivity contribution is 7.80. The quantitative estimate of drug-likeness (QED) is 0.617. The van der Waals surface area contributed by atoms with E-state index in [9.17, 15) is 4.79 Å². The molecule has 1 aromatic heterocycles. The lowest BCUT2D eigenvalue weighted by molar-refractivity contribution is 0.713. The highest BCUT2D eigenvalue weighted by atomic mass is 35.5. The Morgan fingerprint density at radius 2 is 1.85 bits per heavy atom. The van der Waals surface area contributed by atoms with Crippen molar-refractivity contribution in [3.05, 3.63) is 90.9 Å². The summed E-state index contributed by atoms with van der Waals surface area (Å²) in [6.45, 7) is 0.447. The van der Waals surface area contributed by atoms with E-state index in [2.05, 4.69) is 22.8 Å². The number of aromatic nitrogens is 1. The van der Waals surface area contributed by atoms with Crippen molar-refractivity contribution < 1.29 is 0 Å². The normalized spacial score (nSPS) is 14.7. The van der Waals surface area contributed by atoms with Gasteiger partial charge >= 0.3 is 4.87 Å². The van der Waals surface area contributed by atoms with Gasteiger partial charge in [0.15, 0.2) is 0 Å². The number of rotatable bonds is 4. The Hall–Kier alpha value is -2.41. The van der Waals surface area contributed by atoms with E-state index in [-0.39, 0.29) is 4.87 Å². The van der Waals surface area contributed by atoms with Crippen LogP contribution in [0, 0.1) is 0 Å². The molecule has 0 unspecified atom stereocenters. The topological polar surface area (TPSA) is 46.7 Å². The Morgan fingerprint density at radius 1 is 1.11 bits per heavy atom. The first kappa shape index (κ1) is 18.0. The number of benzene rings is 2. The van der Waals surface area contributed by atoms with Gasteiger partial charge < -0.3 is 0 Å². The Morgan fingerprint density at radius 3 is 2.59 bits per heavy atom. The van der Waals surface area contributed by atoms with Gasteiger partial charge in [-0.3, -0.25) is 9.36 Å². The first-order valence-corrected chi connectivity index (χ1v) is 9.81. The standard InChI is InChI=1S/C20H14ClN3OS2/c21-16-8-6-13(7-9-16)12-24-19(26)17(27-20(24)25)10-15-11-22-23-18(15)14-4-2-1-3-5-14/h1-11,26H,12H2/b15-10+. The first-order chi connectivity index (χ1) is 13.1. The molecule has 0 aliphatic carbocycles. The molecular weight excluding hydrogens is 398 g/mol. The average molecular weight is 412 g/mol. The molecule has 4 nitrogen and oxygen atoms in total. The van der Waals surface area contributed by atoms with Crippen LogP contribution in [0.15, 0.2) is 80.2 Å². The number of hydrogen-bond donors (Lipinski definition) is 1. The lowest BCUT2D eigenvalue weighted by Crippen LogP contribution is -2.14. The molecule has 0 N–H and O–H groups in total. The summed E-state index contributed by atoms with van der Waals surface area (Å²) >= 11 is 11.7. The van der Waals surface area contributed by atoms with Gasteiger partial charge in [-0.15, -0.1) is 17.7 Å². The van der Waals surface area contributed by atoms with Gasteiger partial charge in [0, 0.05) is 16.2 Å². The first-order valence-electron chi connectivity index (χ1n) is 8.17. The van der Waals surface area contributed by atoms with E-state index in [1.54, 1.807) is 10.8 Å². The van der Waals surface area contributed by atoms with Crippen LogP contribution in [0.25, 0.3) is 6.08 Å². The van der Waals surface area contributed by atoms with E-state index >= 15 is 0 Å². The molecule has 0 saturated carbocycles. The van der Waals surface area contributed by atoms with E-state index in [1.165, 1.54) is 0 Å². The van der Waals surface area contributed by atoms with Crippen LogP contribution in [-0.2, 0) is 6.54 Å². The maximum absolute atomic E-state index is 12.5. The summed E-state index contributed by atoms with van der Waals surface area (Å²) in [7, 11) is 0. The monoisotopic (exact) mass is 411 g/mol. The van der Waals surface area contributed by atoms with E-state index in [0.29, 0.717) is 16.6 Å². The molecule has 2 heterocycles. The summed E-state index contributed by atoms with van der Waals surface area (Å²) in [5.74, 6) is 0. The molecule has 3 aromatic rings. The van der Waals surface area contributed by atoms with Gasteiger partial charge in [-0.05, 0) is 23.8 Å². The lowest BCUT2D eigenvalue weighted by Gasteiger charge is -2.05. The fraction of sp³-hybridized carbons (Fsp3) is 0.0500. The second kappa shape index (κ2) is 7.68. The van der Waals surface area contributed by atoms with Crippen molar-refractivity contribution in [2.75, 3.05) is 0 Å². The smallest absolute Gasteiger partial charge is 0.289 e. The number of allylic oxidation sites excluding steroid dienone is 1. The molecule has 1 aliphatic rings. The largest absolute Gasteiger partial charge is 0.308 e. The van der Waals surface area contributed by atoms with Crippen LogP contribution >= 0.6 is 35.6 Å². The minimum Gasteiger partial charge on any atom is -0.289 e. The van der Waals surface area contributed by atoms with Crippen LogP contribution in [0.4, 0.5) is 0 Å². The van der Waals surface area contributed by atoms with Crippen LogP contribution in [0.3, 0.4) is 0 Å². The Bertz CT molecular complexity index is 1130. The second-order valence-corrected chi connectivity index (χ2v) is 7.78. The minimum absolute atomic E-state index is 0.0602. The van der Waals surface area contributed by atoms with Gasteiger partial charge in [-0.1, -0.05) is 65.4 Å².